The van der Waals surface area contributed by atoms with Crippen molar-refractivity contribution >= 4 is 21.6 Å². The van der Waals surface area contributed by atoms with E-state index in [0.717, 1.165) is 33.5 Å². The lowest BCUT2D eigenvalue weighted by atomic mass is 9.89. The van der Waals surface area contributed by atoms with E-state index in [1.165, 1.54) is 5.56 Å². The number of ether oxygens (including phenoxy) is 3. The molecule has 2 aromatic carbocycles. The van der Waals surface area contributed by atoms with Gasteiger partial charge >= 0.3 is 0 Å². The Hall–Kier alpha value is -2.01. The largest absolute Gasteiger partial charge is 0.492 e. The van der Waals surface area contributed by atoms with Gasteiger partial charge in [-0.1, -0.05) is 28.1 Å². The molecule has 2 aromatic rings. The molecule has 2 aliphatic heterocycles. The Morgan fingerprint density at radius 1 is 1.22 bits per heavy atom. The summed E-state index contributed by atoms with van der Waals surface area (Å²) in [6, 6.07) is 10.5. The van der Waals surface area contributed by atoms with E-state index in [1.54, 1.807) is 7.11 Å². The maximum atomic E-state index is 5.67. The molecule has 2 heterocycles. The van der Waals surface area contributed by atoms with Gasteiger partial charge in [0.05, 0.1) is 18.9 Å². The summed E-state index contributed by atoms with van der Waals surface area (Å²) in [6.45, 7) is 2.35. The second-order valence-electron chi connectivity index (χ2n) is 5.72. The van der Waals surface area contributed by atoms with Gasteiger partial charge in [-0.05, 0) is 37.1 Å². The fraction of sp³-hybridized carbons (Fsp3) is 0.278. The van der Waals surface area contributed by atoms with Crippen LogP contribution in [0.3, 0.4) is 0 Å². The highest BCUT2D eigenvalue weighted by molar-refractivity contribution is 9.10. The lowest BCUT2D eigenvalue weighted by molar-refractivity contribution is 0.171. The van der Waals surface area contributed by atoms with Crippen LogP contribution in [0.2, 0.25) is 0 Å². The van der Waals surface area contributed by atoms with Crippen molar-refractivity contribution in [3.63, 3.8) is 0 Å². The van der Waals surface area contributed by atoms with Gasteiger partial charge in [-0.3, -0.25) is 4.99 Å². The van der Waals surface area contributed by atoms with Crippen molar-refractivity contribution in [2.75, 3.05) is 13.9 Å². The van der Waals surface area contributed by atoms with Crippen molar-refractivity contribution in [1.82, 2.24) is 0 Å². The number of nitrogens with zero attached hydrogens (tertiary/aromatic N) is 1. The first kappa shape index (κ1) is 14.6. The molecule has 0 aromatic heterocycles. The van der Waals surface area contributed by atoms with Crippen LogP contribution in [-0.2, 0) is 6.42 Å². The first-order valence-electron chi connectivity index (χ1n) is 7.51. The highest BCUT2D eigenvalue weighted by Crippen LogP contribution is 2.47. The van der Waals surface area contributed by atoms with E-state index < -0.39 is 0 Å². The maximum Gasteiger partial charge on any atom is 0.231 e. The van der Waals surface area contributed by atoms with Gasteiger partial charge in [0.25, 0.3) is 0 Å². The van der Waals surface area contributed by atoms with Gasteiger partial charge in [-0.2, -0.15) is 0 Å². The summed E-state index contributed by atoms with van der Waals surface area (Å²) in [5, 5.41) is 0. The molecule has 4 nitrogen and oxygen atoms in total. The molecule has 0 saturated heterocycles. The smallest absolute Gasteiger partial charge is 0.231 e. The average molecular weight is 374 g/mol. The van der Waals surface area contributed by atoms with Crippen LogP contribution in [-0.4, -0.2) is 25.7 Å². The van der Waals surface area contributed by atoms with Crippen LogP contribution in [0.4, 0.5) is 0 Å². The second kappa shape index (κ2) is 5.57. The van der Waals surface area contributed by atoms with E-state index in [1.807, 2.05) is 12.1 Å². The zero-order valence-electron chi connectivity index (χ0n) is 12.9. The number of aliphatic imine (C=N–C) groups is 1. The minimum absolute atomic E-state index is 0.214. The van der Waals surface area contributed by atoms with Crippen LogP contribution in [0.15, 0.2) is 39.8 Å². The molecule has 0 N–H and O–H groups in total. The molecule has 23 heavy (non-hydrogen) atoms. The Balaban J connectivity index is 1.94. The Morgan fingerprint density at radius 3 is 2.74 bits per heavy atom. The van der Waals surface area contributed by atoms with Gasteiger partial charge in [0.15, 0.2) is 11.5 Å². The van der Waals surface area contributed by atoms with Crippen LogP contribution in [0.1, 0.15) is 23.6 Å². The summed E-state index contributed by atoms with van der Waals surface area (Å²) in [7, 11) is 1.66. The third-order valence-electron chi connectivity index (χ3n) is 4.12. The number of hydrogen-bond donors (Lipinski definition) is 0. The number of halogens is 1. The van der Waals surface area contributed by atoms with E-state index in [2.05, 4.69) is 41.1 Å². The molecule has 0 aliphatic carbocycles. The Morgan fingerprint density at radius 2 is 2.00 bits per heavy atom. The van der Waals surface area contributed by atoms with Crippen molar-refractivity contribution in [2.45, 2.75) is 19.4 Å². The first-order chi connectivity index (χ1) is 11.2. The number of benzene rings is 2. The molecule has 0 fully saturated rings. The third-order valence-corrected chi connectivity index (χ3v) is 4.65. The van der Waals surface area contributed by atoms with Gasteiger partial charge in [0.1, 0.15) is 0 Å². The summed E-state index contributed by atoms with van der Waals surface area (Å²) >= 11 is 3.48. The SMILES string of the molecule is COc1c2c(cc3c1C(c1ccc(Br)cc1)=NC(C)C3)OCO2. The van der Waals surface area contributed by atoms with Gasteiger partial charge in [-0.15, -0.1) is 0 Å². The summed E-state index contributed by atoms with van der Waals surface area (Å²) in [6.07, 6.45) is 0.863. The monoisotopic (exact) mass is 373 g/mol. The van der Waals surface area contributed by atoms with Crippen molar-refractivity contribution in [3.05, 3.63) is 51.5 Å². The molecule has 118 valence electrons. The highest BCUT2D eigenvalue weighted by atomic mass is 79.9. The molecule has 1 atom stereocenters. The van der Waals surface area contributed by atoms with Crippen LogP contribution < -0.4 is 14.2 Å². The van der Waals surface area contributed by atoms with Crippen LogP contribution in [0.5, 0.6) is 17.2 Å². The highest BCUT2D eigenvalue weighted by Gasteiger charge is 2.31. The van der Waals surface area contributed by atoms with Crippen LogP contribution in [0.25, 0.3) is 0 Å². The van der Waals surface area contributed by atoms with Crippen LogP contribution in [0, 0.1) is 0 Å². The predicted molar refractivity (Wildman–Crippen MR) is 92.1 cm³/mol. The normalized spacial score (nSPS) is 18.4. The summed E-state index contributed by atoms with van der Waals surface area (Å²) in [4.78, 5) is 4.88. The van der Waals surface area contributed by atoms with Gasteiger partial charge in [0.2, 0.25) is 12.5 Å². The number of rotatable bonds is 2. The van der Waals surface area contributed by atoms with Gasteiger partial charge in [0, 0.05) is 15.6 Å². The fourth-order valence-electron chi connectivity index (χ4n) is 3.15. The lowest BCUT2D eigenvalue weighted by Gasteiger charge is -2.24. The van der Waals surface area contributed by atoms with Crippen molar-refractivity contribution in [2.24, 2.45) is 4.99 Å². The quantitative estimate of drug-likeness (QED) is 0.799. The minimum Gasteiger partial charge on any atom is -0.492 e. The van der Waals surface area contributed by atoms with Crippen molar-refractivity contribution in [3.8, 4) is 17.2 Å². The third kappa shape index (κ3) is 2.39. The molecule has 0 radical (unpaired) electrons. The van der Waals surface area contributed by atoms with E-state index in [4.69, 9.17) is 19.2 Å². The molecular weight excluding hydrogens is 358 g/mol. The van der Waals surface area contributed by atoms with E-state index in [-0.39, 0.29) is 12.8 Å². The molecule has 1 unspecified atom stereocenters. The molecule has 0 saturated carbocycles. The number of methoxy groups -OCH3 is 1. The summed E-state index contributed by atoms with van der Waals surface area (Å²) in [5.41, 5.74) is 4.21. The molecule has 4 rings (SSSR count). The predicted octanol–water partition coefficient (Wildman–Crippen LogP) is 3.97. The van der Waals surface area contributed by atoms with E-state index >= 15 is 0 Å². The van der Waals surface area contributed by atoms with Gasteiger partial charge in [-0.25, -0.2) is 0 Å². The molecule has 0 amide bonds. The molecule has 2 aliphatic rings. The molecule has 5 heteroatoms. The molecular formula is C18H16BrNO3. The fourth-order valence-corrected chi connectivity index (χ4v) is 3.42. The maximum absolute atomic E-state index is 5.67. The summed E-state index contributed by atoms with van der Waals surface area (Å²) in [5.74, 6) is 2.14. The first-order valence-corrected chi connectivity index (χ1v) is 8.30. The topological polar surface area (TPSA) is 40.0 Å². The Labute approximate surface area is 143 Å². The van der Waals surface area contributed by atoms with E-state index in [0.29, 0.717) is 11.5 Å². The minimum atomic E-state index is 0.214. The van der Waals surface area contributed by atoms with Crippen molar-refractivity contribution in [1.29, 1.82) is 0 Å². The number of fused-ring (bicyclic) bond motifs is 2. The van der Waals surface area contributed by atoms with E-state index in [9.17, 15) is 0 Å². The number of hydrogen-bond acceptors (Lipinski definition) is 4. The second-order valence-corrected chi connectivity index (χ2v) is 6.63. The standard InChI is InChI=1S/C18H16BrNO3/c1-10-7-12-8-14-17(23-9-22-14)18(21-2)15(12)16(20-10)11-3-5-13(19)6-4-11/h3-6,8,10H,7,9H2,1-2H3. The Bertz CT molecular complexity index is 799. The lowest BCUT2D eigenvalue weighted by Crippen LogP contribution is -2.20. The zero-order chi connectivity index (χ0) is 16.0. The average Bonchev–Trinajstić information content (AvgIpc) is 3.00. The Kier molecular flexibility index (Phi) is 3.53. The molecule has 0 spiro atoms. The summed E-state index contributed by atoms with van der Waals surface area (Å²) < 4.78 is 17.9. The van der Waals surface area contributed by atoms with Crippen molar-refractivity contribution < 1.29 is 14.2 Å². The van der Waals surface area contributed by atoms with Gasteiger partial charge < -0.3 is 14.2 Å². The van der Waals surface area contributed by atoms with Crippen LogP contribution >= 0.6 is 15.9 Å². The zero-order valence-corrected chi connectivity index (χ0v) is 14.5. The molecule has 0 bridgehead atoms.